The van der Waals surface area contributed by atoms with Gasteiger partial charge in [0.2, 0.25) is 10.0 Å². The first kappa shape index (κ1) is 22.0. The van der Waals surface area contributed by atoms with Gasteiger partial charge < -0.3 is 0 Å². The van der Waals surface area contributed by atoms with E-state index in [1.54, 1.807) is 30.3 Å². The maximum atomic E-state index is 12.9. The van der Waals surface area contributed by atoms with E-state index in [-0.39, 0.29) is 10.8 Å². The Kier molecular flexibility index (Phi) is 6.94. The van der Waals surface area contributed by atoms with Gasteiger partial charge in [0.05, 0.1) is 16.5 Å². The smallest absolute Gasteiger partial charge is 0.208 e. The number of hydrogen-bond donors (Lipinski definition) is 1. The second-order valence-corrected chi connectivity index (χ2v) is 9.55. The van der Waals surface area contributed by atoms with Gasteiger partial charge in [-0.2, -0.15) is 5.26 Å². The van der Waals surface area contributed by atoms with Crippen molar-refractivity contribution >= 4 is 21.6 Å². The number of aryl methyl sites for hydroxylation is 1. The lowest BCUT2D eigenvalue weighted by Gasteiger charge is -2.26. The Morgan fingerprint density at radius 3 is 2.33 bits per heavy atom. The number of benzene rings is 3. The number of hydrogen-bond acceptors (Lipinski definition) is 3. The molecule has 0 aliphatic heterocycles. The summed E-state index contributed by atoms with van der Waals surface area (Å²) in [6.45, 7) is 3.77. The molecule has 4 nitrogen and oxygen atoms in total. The summed E-state index contributed by atoms with van der Waals surface area (Å²) in [5, 5.41) is 9.93. The van der Waals surface area contributed by atoms with Crippen molar-refractivity contribution in [2.24, 2.45) is 0 Å². The van der Waals surface area contributed by atoms with E-state index in [2.05, 4.69) is 10.8 Å². The van der Waals surface area contributed by atoms with Crippen molar-refractivity contribution in [1.82, 2.24) is 4.72 Å². The summed E-state index contributed by atoms with van der Waals surface area (Å²) in [6, 6.07) is 23.3. The number of sulfonamides is 1. The normalized spacial score (nSPS) is 13.4. The molecule has 0 aliphatic carbocycles. The Morgan fingerprint density at radius 2 is 1.70 bits per heavy atom. The highest BCUT2D eigenvalue weighted by atomic mass is 35.5. The molecule has 0 heterocycles. The monoisotopic (exact) mass is 438 g/mol. The third-order valence-corrected chi connectivity index (χ3v) is 6.92. The average molecular weight is 439 g/mol. The predicted octanol–water partition coefficient (Wildman–Crippen LogP) is 5.21. The lowest BCUT2D eigenvalue weighted by atomic mass is 9.86. The third-order valence-electron chi connectivity index (χ3n) is 5.09. The standard InChI is InChI=1S/C24H23ClN2O2S/c1-17-6-12-23(13-7-17)30(28,29)27-18(2)24(15-19-8-10-22(25)11-9-19)21-5-3-4-20(14-21)16-26/h3-14,18,24,27H,15H2,1-2H3. The molecule has 0 spiro atoms. The van der Waals surface area contributed by atoms with Crippen LogP contribution in [-0.4, -0.2) is 14.5 Å². The van der Waals surface area contributed by atoms with Gasteiger partial charge in [-0.1, -0.05) is 53.6 Å². The first-order chi connectivity index (χ1) is 14.3. The number of nitrogens with one attached hydrogen (secondary N) is 1. The van der Waals surface area contributed by atoms with Crippen LogP contribution in [0.1, 0.15) is 35.1 Å². The topological polar surface area (TPSA) is 70.0 Å². The molecule has 2 atom stereocenters. The van der Waals surface area contributed by atoms with E-state index in [0.717, 1.165) is 16.7 Å². The van der Waals surface area contributed by atoms with E-state index < -0.39 is 16.1 Å². The maximum absolute atomic E-state index is 12.9. The van der Waals surface area contributed by atoms with E-state index in [9.17, 15) is 13.7 Å². The molecule has 0 aromatic heterocycles. The Hall–Kier alpha value is -2.65. The van der Waals surface area contributed by atoms with E-state index in [1.807, 2.05) is 56.3 Å². The summed E-state index contributed by atoms with van der Waals surface area (Å²) in [6.07, 6.45) is 0.601. The second kappa shape index (κ2) is 9.44. The molecule has 0 bridgehead atoms. The molecular weight excluding hydrogens is 416 g/mol. The molecule has 6 heteroatoms. The highest BCUT2D eigenvalue weighted by molar-refractivity contribution is 7.89. The lowest BCUT2D eigenvalue weighted by Crippen LogP contribution is -2.37. The molecule has 0 fully saturated rings. The van der Waals surface area contributed by atoms with Crippen LogP contribution in [0.4, 0.5) is 0 Å². The van der Waals surface area contributed by atoms with Crippen molar-refractivity contribution in [1.29, 1.82) is 5.26 Å². The van der Waals surface area contributed by atoms with Gasteiger partial charge >= 0.3 is 0 Å². The minimum Gasteiger partial charge on any atom is -0.208 e. The summed E-state index contributed by atoms with van der Waals surface area (Å²) >= 11 is 6.01. The summed E-state index contributed by atoms with van der Waals surface area (Å²) < 4.78 is 28.7. The first-order valence-electron chi connectivity index (χ1n) is 9.62. The Morgan fingerprint density at radius 1 is 1.03 bits per heavy atom. The van der Waals surface area contributed by atoms with E-state index in [0.29, 0.717) is 17.0 Å². The van der Waals surface area contributed by atoms with Crippen LogP contribution < -0.4 is 4.72 Å². The van der Waals surface area contributed by atoms with Gasteiger partial charge in [0.25, 0.3) is 0 Å². The highest BCUT2D eigenvalue weighted by Gasteiger charge is 2.25. The first-order valence-corrected chi connectivity index (χ1v) is 11.5. The van der Waals surface area contributed by atoms with Crippen LogP contribution in [0.15, 0.2) is 77.7 Å². The predicted molar refractivity (Wildman–Crippen MR) is 120 cm³/mol. The van der Waals surface area contributed by atoms with Crippen LogP contribution in [0.25, 0.3) is 0 Å². The summed E-state index contributed by atoms with van der Waals surface area (Å²) in [4.78, 5) is 0.232. The van der Waals surface area contributed by atoms with Gasteiger partial charge in [0.1, 0.15) is 0 Å². The molecule has 3 aromatic carbocycles. The summed E-state index contributed by atoms with van der Waals surface area (Å²) in [7, 11) is -3.68. The van der Waals surface area contributed by atoms with Gasteiger partial charge in [-0.3, -0.25) is 0 Å². The van der Waals surface area contributed by atoms with E-state index >= 15 is 0 Å². The van der Waals surface area contributed by atoms with Gasteiger partial charge in [-0.15, -0.1) is 0 Å². The minimum atomic E-state index is -3.68. The molecule has 1 N–H and O–H groups in total. The van der Waals surface area contributed by atoms with Crippen molar-refractivity contribution in [3.8, 4) is 6.07 Å². The molecule has 0 saturated heterocycles. The van der Waals surface area contributed by atoms with E-state index in [1.165, 1.54) is 0 Å². The molecular formula is C24H23ClN2O2S. The quantitative estimate of drug-likeness (QED) is 0.550. The zero-order valence-corrected chi connectivity index (χ0v) is 18.4. The fraction of sp³-hybridized carbons (Fsp3) is 0.208. The molecule has 2 unspecified atom stereocenters. The van der Waals surface area contributed by atoms with Crippen molar-refractivity contribution in [3.63, 3.8) is 0 Å². The SMILES string of the molecule is Cc1ccc(S(=O)(=O)NC(C)C(Cc2ccc(Cl)cc2)c2cccc(C#N)c2)cc1. The zero-order chi connectivity index (χ0) is 21.7. The fourth-order valence-electron chi connectivity index (χ4n) is 3.41. The number of nitrogens with zero attached hydrogens (tertiary/aromatic N) is 1. The second-order valence-electron chi connectivity index (χ2n) is 7.40. The third kappa shape index (κ3) is 5.48. The molecule has 0 amide bonds. The summed E-state index contributed by atoms with van der Waals surface area (Å²) in [5.74, 6) is -0.167. The average Bonchev–Trinajstić information content (AvgIpc) is 2.73. The Balaban J connectivity index is 1.92. The Labute approximate surface area is 183 Å². The molecule has 154 valence electrons. The number of halogens is 1. The molecule has 3 rings (SSSR count). The highest BCUT2D eigenvalue weighted by Crippen LogP contribution is 2.27. The van der Waals surface area contributed by atoms with Crippen LogP contribution in [0.3, 0.4) is 0 Å². The number of nitriles is 1. The Bertz CT molecular complexity index is 1150. The molecule has 3 aromatic rings. The maximum Gasteiger partial charge on any atom is 0.240 e. The zero-order valence-electron chi connectivity index (χ0n) is 16.8. The van der Waals surface area contributed by atoms with Gasteiger partial charge in [-0.05, 0) is 67.8 Å². The molecule has 0 aliphatic rings. The fourth-order valence-corrected chi connectivity index (χ4v) is 4.82. The van der Waals surface area contributed by atoms with Crippen LogP contribution >= 0.6 is 11.6 Å². The van der Waals surface area contributed by atoms with Crippen molar-refractivity contribution in [2.75, 3.05) is 0 Å². The van der Waals surface area contributed by atoms with Crippen molar-refractivity contribution < 1.29 is 8.42 Å². The van der Waals surface area contributed by atoms with Gasteiger partial charge in [-0.25, -0.2) is 13.1 Å². The lowest BCUT2D eigenvalue weighted by molar-refractivity contribution is 0.503. The van der Waals surface area contributed by atoms with Crippen LogP contribution in [0.5, 0.6) is 0 Å². The van der Waals surface area contributed by atoms with Crippen molar-refractivity contribution in [3.05, 3.63) is 100 Å². The molecule has 30 heavy (non-hydrogen) atoms. The van der Waals surface area contributed by atoms with Gasteiger partial charge in [0, 0.05) is 17.0 Å². The van der Waals surface area contributed by atoms with Crippen LogP contribution in [0, 0.1) is 18.3 Å². The largest absolute Gasteiger partial charge is 0.240 e. The van der Waals surface area contributed by atoms with Crippen molar-refractivity contribution in [2.45, 2.75) is 37.1 Å². The van der Waals surface area contributed by atoms with Crippen LogP contribution in [0.2, 0.25) is 5.02 Å². The van der Waals surface area contributed by atoms with Gasteiger partial charge in [0.15, 0.2) is 0 Å². The van der Waals surface area contributed by atoms with E-state index in [4.69, 9.17) is 11.6 Å². The van der Waals surface area contributed by atoms with Crippen LogP contribution in [-0.2, 0) is 16.4 Å². The molecule has 0 saturated carbocycles. The number of rotatable bonds is 7. The minimum absolute atomic E-state index is 0.167. The summed E-state index contributed by atoms with van der Waals surface area (Å²) in [5.41, 5.74) is 3.48. The molecule has 0 radical (unpaired) electrons.